The van der Waals surface area contributed by atoms with Gasteiger partial charge in [-0.15, -0.1) is 0 Å². The first kappa shape index (κ1) is 20.3. The van der Waals surface area contributed by atoms with Crippen LogP contribution in [0.15, 0.2) is 42.5 Å². The Kier molecular flexibility index (Phi) is 6.79. The average Bonchev–Trinajstić information content (AvgIpc) is 2.67. The SMILES string of the molecule is COC(=O)c1ccc(C(=O)N(C)CC(=O)Nc2cc(Cl)ccc2OC)cc1. The molecule has 2 amide bonds. The van der Waals surface area contributed by atoms with Crippen LogP contribution >= 0.6 is 11.6 Å². The number of carbonyl (C=O) groups excluding carboxylic acids is 3. The molecule has 0 fully saturated rings. The molecule has 7 nitrogen and oxygen atoms in total. The summed E-state index contributed by atoms with van der Waals surface area (Å²) in [4.78, 5) is 37.4. The van der Waals surface area contributed by atoms with E-state index in [-0.39, 0.29) is 12.5 Å². The molecule has 27 heavy (non-hydrogen) atoms. The molecule has 8 heteroatoms. The molecule has 0 unspecified atom stereocenters. The fourth-order valence-electron chi connectivity index (χ4n) is 2.34. The number of ether oxygens (including phenoxy) is 2. The maximum absolute atomic E-state index is 12.4. The molecule has 2 rings (SSSR count). The monoisotopic (exact) mass is 390 g/mol. The van der Waals surface area contributed by atoms with Gasteiger partial charge in [0.25, 0.3) is 5.91 Å². The largest absolute Gasteiger partial charge is 0.495 e. The molecule has 0 aliphatic rings. The van der Waals surface area contributed by atoms with Crippen molar-refractivity contribution in [1.29, 1.82) is 0 Å². The first-order valence-corrected chi connectivity index (χ1v) is 8.30. The number of nitrogens with one attached hydrogen (secondary N) is 1. The quantitative estimate of drug-likeness (QED) is 0.766. The van der Waals surface area contributed by atoms with Crippen LogP contribution in [0, 0.1) is 0 Å². The van der Waals surface area contributed by atoms with Gasteiger partial charge < -0.3 is 19.7 Å². The van der Waals surface area contributed by atoms with Crippen molar-refractivity contribution in [2.75, 3.05) is 33.1 Å². The Labute approximate surface area is 161 Å². The molecule has 2 aromatic rings. The number of amides is 2. The van der Waals surface area contributed by atoms with Crippen molar-refractivity contribution in [3.8, 4) is 5.75 Å². The third-order valence-electron chi connectivity index (χ3n) is 3.72. The van der Waals surface area contributed by atoms with Gasteiger partial charge in [-0.3, -0.25) is 9.59 Å². The highest BCUT2D eigenvalue weighted by Crippen LogP contribution is 2.27. The number of likely N-dealkylation sites (N-methyl/N-ethyl adjacent to an activating group) is 1. The Morgan fingerprint density at radius 2 is 1.67 bits per heavy atom. The maximum atomic E-state index is 12.4. The highest BCUT2D eigenvalue weighted by molar-refractivity contribution is 6.31. The number of rotatable bonds is 6. The smallest absolute Gasteiger partial charge is 0.337 e. The van der Waals surface area contributed by atoms with E-state index in [0.29, 0.717) is 27.6 Å². The number of benzene rings is 2. The normalized spacial score (nSPS) is 10.1. The molecule has 0 aromatic heterocycles. The van der Waals surface area contributed by atoms with E-state index < -0.39 is 11.9 Å². The number of hydrogen-bond acceptors (Lipinski definition) is 5. The van der Waals surface area contributed by atoms with Crippen LogP contribution in [0.2, 0.25) is 5.02 Å². The summed E-state index contributed by atoms with van der Waals surface area (Å²) in [6, 6.07) is 10.8. The summed E-state index contributed by atoms with van der Waals surface area (Å²) in [5.74, 6) is -0.797. The summed E-state index contributed by atoms with van der Waals surface area (Å²) in [7, 11) is 4.26. The standard InChI is InChI=1S/C19H19ClN2O5/c1-22(18(24)12-4-6-13(7-5-12)19(25)27-3)11-17(23)21-15-10-14(20)8-9-16(15)26-2/h4-10H,11H2,1-3H3,(H,21,23). The Morgan fingerprint density at radius 3 is 2.26 bits per heavy atom. The lowest BCUT2D eigenvalue weighted by molar-refractivity contribution is -0.116. The van der Waals surface area contributed by atoms with Gasteiger partial charge in [-0.05, 0) is 42.5 Å². The summed E-state index contributed by atoms with van der Waals surface area (Å²) < 4.78 is 9.78. The van der Waals surface area contributed by atoms with Crippen molar-refractivity contribution in [2.24, 2.45) is 0 Å². The fraction of sp³-hybridized carbons (Fsp3) is 0.211. The summed E-state index contributed by atoms with van der Waals surface area (Å²) in [6.45, 7) is -0.173. The fourth-order valence-corrected chi connectivity index (χ4v) is 2.51. The molecular weight excluding hydrogens is 372 g/mol. The third kappa shape index (κ3) is 5.21. The summed E-state index contributed by atoms with van der Waals surface area (Å²) in [5, 5.41) is 3.11. The van der Waals surface area contributed by atoms with Gasteiger partial charge in [0.2, 0.25) is 5.91 Å². The number of nitrogens with zero attached hydrogens (tertiary/aromatic N) is 1. The lowest BCUT2D eigenvalue weighted by Crippen LogP contribution is -2.35. The molecule has 0 saturated heterocycles. The Bertz CT molecular complexity index is 852. The highest BCUT2D eigenvalue weighted by Gasteiger charge is 2.17. The van der Waals surface area contributed by atoms with Crippen LogP contribution in [-0.4, -0.2) is 50.5 Å². The average molecular weight is 391 g/mol. The Balaban J connectivity index is 2.02. The second kappa shape index (κ2) is 9.05. The third-order valence-corrected chi connectivity index (χ3v) is 3.95. The second-order valence-electron chi connectivity index (χ2n) is 5.62. The number of carbonyl (C=O) groups is 3. The van der Waals surface area contributed by atoms with E-state index in [4.69, 9.17) is 16.3 Å². The molecule has 2 aromatic carbocycles. The zero-order chi connectivity index (χ0) is 20.0. The van der Waals surface area contributed by atoms with E-state index >= 15 is 0 Å². The molecule has 0 heterocycles. The molecular formula is C19H19ClN2O5. The van der Waals surface area contributed by atoms with Crippen molar-refractivity contribution in [3.63, 3.8) is 0 Å². The summed E-state index contributed by atoms with van der Waals surface area (Å²) >= 11 is 5.93. The predicted octanol–water partition coefficient (Wildman–Crippen LogP) is 2.85. The van der Waals surface area contributed by atoms with Crippen LogP contribution in [0.5, 0.6) is 5.75 Å². The van der Waals surface area contributed by atoms with Gasteiger partial charge in [0, 0.05) is 17.6 Å². The molecule has 0 bridgehead atoms. The molecule has 0 spiro atoms. The minimum atomic E-state index is -0.489. The molecule has 0 aliphatic carbocycles. The van der Waals surface area contributed by atoms with Crippen LogP contribution in [0.3, 0.4) is 0 Å². The minimum Gasteiger partial charge on any atom is -0.495 e. The van der Waals surface area contributed by atoms with E-state index in [1.165, 1.54) is 50.4 Å². The maximum Gasteiger partial charge on any atom is 0.337 e. The first-order valence-electron chi connectivity index (χ1n) is 7.93. The van der Waals surface area contributed by atoms with Crippen LogP contribution < -0.4 is 10.1 Å². The zero-order valence-electron chi connectivity index (χ0n) is 15.1. The van der Waals surface area contributed by atoms with Crippen LogP contribution in [0.25, 0.3) is 0 Å². The molecule has 0 atom stereocenters. The predicted molar refractivity (Wildman–Crippen MR) is 101 cm³/mol. The molecule has 0 saturated carbocycles. The number of methoxy groups -OCH3 is 2. The topological polar surface area (TPSA) is 84.9 Å². The van der Waals surface area contributed by atoms with E-state index in [1.54, 1.807) is 18.2 Å². The molecule has 1 N–H and O–H groups in total. The zero-order valence-corrected chi connectivity index (χ0v) is 15.9. The second-order valence-corrected chi connectivity index (χ2v) is 6.06. The van der Waals surface area contributed by atoms with E-state index in [9.17, 15) is 14.4 Å². The van der Waals surface area contributed by atoms with Crippen molar-refractivity contribution in [2.45, 2.75) is 0 Å². The molecule has 0 radical (unpaired) electrons. The molecule has 142 valence electrons. The minimum absolute atomic E-state index is 0.173. The Hall–Kier alpha value is -3.06. The van der Waals surface area contributed by atoms with Gasteiger partial charge in [0.1, 0.15) is 5.75 Å². The summed E-state index contributed by atoms with van der Waals surface area (Å²) in [6.07, 6.45) is 0. The van der Waals surface area contributed by atoms with Gasteiger partial charge >= 0.3 is 5.97 Å². The first-order chi connectivity index (χ1) is 12.8. The number of anilines is 1. The van der Waals surface area contributed by atoms with E-state index in [1.807, 2.05) is 0 Å². The van der Waals surface area contributed by atoms with Gasteiger partial charge in [-0.25, -0.2) is 4.79 Å². The van der Waals surface area contributed by atoms with E-state index in [0.717, 1.165) is 0 Å². The van der Waals surface area contributed by atoms with Crippen molar-refractivity contribution in [3.05, 3.63) is 58.6 Å². The van der Waals surface area contributed by atoms with Crippen LogP contribution in [-0.2, 0) is 9.53 Å². The van der Waals surface area contributed by atoms with Crippen molar-refractivity contribution < 1.29 is 23.9 Å². The van der Waals surface area contributed by atoms with Crippen LogP contribution in [0.1, 0.15) is 20.7 Å². The van der Waals surface area contributed by atoms with Crippen molar-refractivity contribution in [1.82, 2.24) is 4.90 Å². The number of halogens is 1. The Morgan fingerprint density at radius 1 is 1.04 bits per heavy atom. The number of hydrogen-bond donors (Lipinski definition) is 1. The van der Waals surface area contributed by atoms with Gasteiger partial charge in [0.05, 0.1) is 32.0 Å². The number of esters is 1. The molecule has 0 aliphatic heterocycles. The van der Waals surface area contributed by atoms with Gasteiger partial charge in [-0.2, -0.15) is 0 Å². The van der Waals surface area contributed by atoms with Crippen molar-refractivity contribution >= 4 is 35.1 Å². The lowest BCUT2D eigenvalue weighted by Gasteiger charge is -2.18. The lowest BCUT2D eigenvalue weighted by atomic mass is 10.1. The van der Waals surface area contributed by atoms with Crippen LogP contribution in [0.4, 0.5) is 5.69 Å². The van der Waals surface area contributed by atoms with Gasteiger partial charge in [0.15, 0.2) is 0 Å². The van der Waals surface area contributed by atoms with E-state index in [2.05, 4.69) is 10.1 Å². The highest BCUT2D eigenvalue weighted by atomic mass is 35.5. The summed E-state index contributed by atoms with van der Waals surface area (Å²) in [5.41, 5.74) is 1.10. The van der Waals surface area contributed by atoms with Gasteiger partial charge in [-0.1, -0.05) is 11.6 Å².